The summed E-state index contributed by atoms with van der Waals surface area (Å²) < 4.78 is 12.2. The number of nitrogens with two attached hydrogens (primary N) is 1. The predicted molar refractivity (Wildman–Crippen MR) is 84.2 cm³/mol. The van der Waals surface area contributed by atoms with E-state index < -0.39 is 0 Å². The molecular weight excluding hydrogens is 318 g/mol. The van der Waals surface area contributed by atoms with E-state index in [9.17, 15) is 0 Å². The molecule has 2 aromatic rings. The summed E-state index contributed by atoms with van der Waals surface area (Å²) in [5.41, 5.74) is 7.11. The molecule has 0 radical (unpaired) electrons. The molecule has 0 spiro atoms. The average Bonchev–Trinajstić information content (AvgIpc) is 2.45. The Balaban J connectivity index is 2.28. The molecule has 0 saturated carbocycles. The average molecular weight is 336 g/mol. The molecule has 0 amide bonds. The third kappa shape index (κ3) is 3.52. The van der Waals surface area contributed by atoms with Crippen LogP contribution >= 0.6 is 15.9 Å². The van der Waals surface area contributed by atoms with Crippen LogP contribution in [0.5, 0.6) is 11.5 Å². The molecule has 4 heteroatoms. The monoisotopic (exact) mass is 335 g/mol. The highest BCUT2D eigenvalue weighted by atomic mass is 79.9. The van der Waals surface area contributed by atoms with Gasteiger partial charge in [-0.3, -0.25) is 0 Å². The van der Waals surface area contributed by atoms with Crippen LogP contribution in [0.25, 0.3) is 0 Å². The number of methoxy groups -OCH3 is 1. The summed E-state index contributed by atoms with van der Waals surface area (Å²) in [4.78, 5) is 0. The van der Waals surface area contributed by atoms with Crippen molar-refractivity contribution in [3.63, 3.8) is 0 Å². The Bertz CT molecular complexity index is 572. The van der Waals surface area contributed by atoms with E-state index in [4.69, 9.17) is 15.2 Å². The van der Waals surface area contributed by atoms with Gasteiger partial charge >= 0.3 is 0 Å². The van der Waals surface area contributed by atoms with Gasteiger partial charge in [-0.15, -0.1) is 0 Å². The summed E-state index contributed by atoms with van der Waals surface area (Å²) in [5, 5.41) is 0. The van der Waals surface area contributed by atoms with E-state index in [1.807, 2.05) is 55.5 Å². The van der Waals surface area contributed by atoms with Crippen molar-refractivity contribution in [2.24, 2.45) is 5.73 Å². The zero-order valence-electron chi connectivity index (χ0n) is 11.5. The van der Waals surface area contributed by atoms with Crippen LogP contribution < -0.4 is 15.2 Å². The molecule has 0 aliphatic carbocycles. The summed E-state index contributed by atoms with van der Waals surface area (Å²) in [5.74, 6) is 1.50. The summed E-state index contributed by atoms with van der Waals surface area (Å²) in [6, 6.07) is 15.3. The summed E-state index contributed by atoms with van der Waals surface area (Å²) in [6.45, 7) is 1.93. The van der Waals surface area contributed by atoms with Crippen LogP contribution in [-0.4, -0.2) is 13.2 Å². The molecule has 0 saturated heterocycles. The van der Waals surface area contributed by atoms with E-state index in [1.165, 1.54) is 0 Å². The highest BCUT2D eigenvalue weighted by Gasteiger charge is 2.20. The fraction of sp³-hybridized carbons (Fsp3) is 0.250. The van der Waals surface area contributed by atoms with Crippen LogP contribution in [0.4, 0.5) is 0 Å². The first kappa shape index (κ1) is 14.9. The second kappa shape index (κ2) is 6.77. The summed E-state index contributed by atoms with van der Waals surface area (Å²) in [6.07, 6.45) is -0.224. The third-order valence-electron chi connectivity index (χ3n) is 2.99. The Labute approximate surface area is 127 Å². The molecule has 0 fully saturated rings. The molecule has 3 nitrogen and oxygen atoms in total. The number of halogens is 1. The van der Waals surface area contributed by atoms with Crippen molar-refractivity contribution in [3.8, 4) is 11.5 Å². The van der Waals surface area contributed by atoms with Crippen LogP contribution in [0.2, 0.25) is 0 Å². The Morgan fingerprint density at radius 3 is 2.40 bits per heavy atom. The molecule has 2 atom stereocenters. The number of benzene rings is 2. The van der Waals surface area contributed by atoms with E-state index in [0.717, 1.165) is 21.5 Å². The molecular formula is C16H18BrNO2. The third-order valence-corrected chi connectivity index (χ3v) is 3.72. The van der Waals surface area contributed by atoms with Gasteiger partial charge in [0.2, 0.25) is 0 Å². The number of hydrogen-bond donors (Lipinski definition) is 1. The zero-order valence-corrected chi connectivity index (χ0v) is 13.1. The van der Waals surface area contributed by atoms with Gasteiger partial charge < -0.3 is 15.2 Å². The van der Waals surface area contributed by atoms with Gasteiger partial charge in [0.1, 0.15) is 17.6 Å². The van der Waals surface area contributed by atoms with Gasteiger partial charge in [-0.25, -0.2) is 0 Å². The van der Waals surface area contributed by atoms with Crippen molar-refractivity contribution in [2.75, 3.05) is 7.11 Å². The first-order chi connectivity index (χ1) is 9.61. The lowest BCUT2D eigenvalue weighted by molar-refractivity contribution is 0.179. The molecule has 0 aliphatic heterocycles. The molecule has 0 aromatic heterocycles. The minimum Gasteiger partial charge on any atom is -0.497 e. The number of hydrogen-bond acceptors (Lipinski definition) is 3. The lowest BCUT2D eigenvalue weighted by Crippen LogP contribution is -2.29. The summed E-state index contributed by atoms with van der Waals surface area (Å²) in [7, 11) is 1.63. The lowest BCUT2D eigenvalue weighted by Gasteiger charge is -2.24. The molecule has 2 aromatic carbocycles. The SMILES string of the molecule is COc1cccc(OC(c2ccccc2Br)C(C)N)c1. The van der Waals surface area contributed by atoms with Crippen molar-refractivity contribution in [2.45, 2.75) is 19.1 Å². The van der Waals surface area contributed by atoms with Gasteiger partial charge in [0, 0.05) is 22.1 Å². The van der Waals surface area contributed by atoms with Crippen LogP contribution in [0, 0.1) is 0 Å². The minimum absolute atomic E-state index is 0.139. The zero-order chi connectivity index (χ0) is 14.5. The first-order valence-electron chi connectivity index (χ1n) is 6.42. The van der Waals surface area contributed by atoms with E-state index in [-0.39, 0.29) is 12.1 Å². The summed E-state index contributed by atoms with van der Waals surface area (Å²) >= 11 is 3.55. The molecule has 0 heterocycles. The maximum absolute atomic E-state index is 6.08. The van der Waals surface area contributed by atoms with Crippen LogP contribution in [0.3, 0.4) is 0 Å². The predicted octanol–water partition coefficient (Wildman–Crippen LogP) is 3.93. The Morgan fingerprint density at radius 2 is 1.75 bits per heavy atom. The van der Waals surface area contributed by atoms with Crippen LogP contribution in [0.15, 0.2) is 53.0 Å². The highest BCUT2D eigenvalue weighted by Crippen LogP contribution is 2.30. The Hall–Kier alpha value is -1.52. The van der Waals surface area contributed by atoms with Gasteiger partial charge in [-0.05, 0) is 25.1 Å². The standard InChI is InChI=1S/C16H18BrNO2/c1-11(18)16(14-8-3-4-9-15(14)17)20-13-7-5-6-12(10-13)19-2/h3-11,16H,18H2,1-2H3. The maximum Gasteiger partial charge on any atom is 0.140 e. The van der Waals surface area contributed by atoms with E-state index >= 15 is 0 Å². The maximum atomic E-state index is 6.08. The van der Waals surface area contributed by atoms with E-state index in [0.29, 0.717) is 0 Å². The molecule has 2 N–H and O–H groups in total. The molecule has 2 rings (SSSR count). The molecule has 0 bridgehead atoms. The smallest absolute Gasteiger partial charge is 0.140 e. The lowest BCUT2D eigenvalue weighted by atomic mass is 10.0. The quantitative estimate of drug-likeness (QED) is 0.900. The molecule has 20 heavy (non-hydrogen) atoms. The van der Waals surface area contributed by atoms with Crippen molar-refractivity contribution in [1.29, 1.82) is 0 Å². The van der Waals surface area contributed by atoms with Gasteiger partial charge in [0.25, 0.3) is 0 Å². The fourth-order valence-corrected chi connectivity index (χ4v) is 2.49. The van der Waals surface area contributed by atoms with Crippen LogP contribution in [0.1, 0.15) is 18.6 Å². The normalized spacial score (nSPS) is 13.6. The van der Waals surface area contributed by atoms with Crippen LogP contribution in [-0.2, 0) is 0 Å². The van der Waals surface area contributed by atoms with Crippen molar-refractivity contribution in [1.82, 2.24) is 0 Å². The van der Waals surface area contributed by atoms with Gasteiger partial charge in [-0.2, -0.15) is 0 Å². The Kier molecular flexibility index (Phi) is 5.04. The van der Waals surface area contributed by atoms with Gasteiger partial charge in [0.15, 0.2) is 0 Å². The second-order valence-electron chi connectivity index (χ2n) is 4.60. The van der Waals surface area contributed by atoms with Gasteiger partial charge in [0.05, 0.1) is 7.11 Å². The van der Waals surface area contributed by atoms with Crippen molar-refractivity contribution < 1.29 is 9.47 Å². The minimum atomic E-state index is -0.224. The topological polar surface area (TPSA) is 44.5 Å². The molecule has 0 aliphatic rings. The number of ether oxygens (including phenoxy) is 2. The number of rotatable bonds is 5. The van der Waals surface area contributed by atoms with E-state index in [1.54, 1.807) is 7.11 Å². The largest absolute Gasteiger partial charge is 0.497 e. The second-order valence-corrected chi connectivity index (χ2v) is 5.45. The van der Waals surface area contributed by atoms with Gasteiger partial charge in [-0.1, -0.05) is 40.2 Å². The van der Waals surface area contributed by atoms with Crippen molar-refractivity contribution in [3.05, 3.63) is 58.6 Å². The fourth-order valence-electron chi connectivity index (χ4n) is 1.98. The molecule has 106 valence electrons. The van der Waals surface area contributed by atoms with Crippen molar-refractivity contribution >= 4 is 15.9 Å². The van der Waals surface area contributed by atoms with E-state index in [2.05, 4.69) is 15.9 Å². The Morgan fingerprint density at radius 1 is 1.05 bits per heavy atom. The highest BCUT2D eigenvalue weighted by molar-refractivity contribution is 9.10. The molecule has 2 unspecified atom stereocenters. The first-order valence-corrected chi connectivity index (χ1v) is 7.22.